The van der Waals surface area contributed by atoms with Crippen molar-refractivity contribution < 1.29 is 14.3 Å². The molecule has 0 radical (unpaired) electrons. The van der Waals surface area contributed by atoms with Crippen LogP contribution < -0.4 is 15.8 Å². The molecule has 0 saturated carbocycles. The summed E-state index contributed by atoms with van der Waals surface area (Å²) in [5.41, 5.74) is 9.50. The fourth-order valence-corrected chi connectivity index (χ4v) is 2.86. The Hall–Kier alpha value is -3.61. The Morgan fingerprint density at radius 2 is 2.18 bits per heavy atom. The molecular weight excluding hydrogens is 356 g/mol. The average molecular weight is 378 g/mol. The van der Waals surface area contributed by atoms with Crippen molar-refractivity contribution in [3.05, 3.63) is 66.0 Å². The van der Waals surface area contributed by atoms with Gasteiger partial charge in [-0.15, -0.1) is 0 Å². The van der Waals surface area contributed by atoms with Gasteiger partial charge >= 0.3 is 5.97 Å². The number of aryl methyl sites for hydroxylation is 1. The number of allylic oxidation sites excluding steroid dienone is 2. The number of carbonyl (C=O) groups is 1. The summed E-state index contributed by atoms with van der Waals surface area (Å²) in [5, 5.41) is 3.25. The number of aromatic nitrogens is 2. The van der Waals surface area contributed by atoms with Gasteiger partial charge < -0.3 is 20.5 Å². The Labute approximate surface area is 163 Å². The van der Waals surface area contributed by atoms with Gasteiger partial charge in [0.15, 0.2) is 11.6 Å². The first-order valence-electron chi connectivity index (χ1n) is 8.77. The lowest BCUT2D eigenvalue weighted by atomic mass is 10.0. The van der Waals surface area contributed by atoms with Gasteiger partial charge in [0.2, 0.25) is 0 Å². The number of hydrogen-bond acceptors (Lipinski definition) is 7. The number of esters is 1. The minimum atomic E-state index is -0.538. The molecule has 2 aromatic rings. The normalized spacial score (nSPS) is 13.8. The van der Waals surface area contributed by atoms with Crippen LogP contribution in [-0.2, 0) is 9.53 Å². The van der Waals surface area contributed by atoms with Crippen LogP contribution in [0.5, 0.6) is 5.75 Å². The number of hydrogen-bond donors (Lipinski definition) is 2. The lowest BCUT2D eigenvalue weighted by Crippen LogP contribution is -2.20. The van der Waals surface area contributed by atoms with Crippen LogP contribution in [0, 0.1) is 6.92 Å². The summed E-state index contributed by atoms with van der Waals surface area (Å²) in [7, 11) is 1.30. The zero-order valence-electron chi connectivity index (χ0n) is 15.9. The van der Waals surface area contributed by atoms with Gasteiger partial charge in [-0.05, 0) is 36.8 Å². The highest BCUT2D eigenvalue weighted by atomic mass is 16.5. The van der Waals surface area contributed by atoms with Gasteiger partial charge in [-0.25, -0.2) is 9.78 Å². The molecule has 3 N–H and O–H groups in total. The van der Waals surface area contributed by atoms with Crippen molar-refractivity contribution in [2.45, 2.75) is 6.92 Å². The van der Waals surface area contributed by atoms with E-state index in [1.807, 2.05) is 31.2 Å². The largest absolute Gasteiger partial charge is 0.487 e. The molecule has 0 saturated heterocycles. The number of nitrogens with zero attached hydrogens (tertiary/aromatic N) is 2. The summed E-state index contributed by atoms with van der Waals surface area (Å²) >= 11 is 0. The lowest BCUT2D eigenvalue weighted by Gasteiger charge is -2.22. The minimum absolute atomic E-state index is 0.210. The van der Waals surface area contributed by atoms with Crippen LogP contribution >= 0.6 is 0 Å². The summed E-state index contributed by atoms with van der Waals surface area (Å²) in [6, 6.07) is 7.62. The highest BCUT2D eigenvalue weighted by Crippen LogP contribution is 2.38. The molecule has 0 atom stereocenters. The quantitative estimate of drug-likeness (QED) is 0.469. The summed E-state index contributed by atoms with van der Waals surface area (Å²) in [6.45, 7) is 6.95. The molecule has 3 heterocycles. The van der Waals surface area contributed by atoms with Gasteiger partial charge in [-0.1, -0.05) is 18.7 Å². The molecular formula is C21H22N4O3. The molecule has 0 spiro atoms. The highest BCUT2D eigenvalue weighted by Gasteiger charge is 2.21. The standard InChI is InChI=1S/C21H22N4O3/c1-4-14(10-15(12-22)21(26)27-3)16-11-18(17-7-5-6-13(2)24-17)25-20-19(16)28-9-8-23-20/h4-7,10-12H,1,8-9,22H2,2-3H3,(H,23,25)/b14-10+,15-12+. The third kappa shape index (κ3) is 3.88. The van der Waals surface area contributed by atoms with Crippen molar-refractivity contribution in [1.82, 2.24) is 9.97 Å². The Morgan fingerprint density at radius 3 is 2.86 bits per heavy atom. The SMILES string of the molecule is C=C/C(=C\C(=C/N)C(=O)OC)c1cc(-c2cccc(C)n2)nc2c1OCCN2. The third-order valence-corrected chi connectivity index (χ3v) is 4.21. The number of rotatable bonds is 5. The van der Waals surface area contributed by atoms with Gasteiger partial charge in [-0.3, -0.25) is 4.98 Å². The van der Waals surface area contributed by atoms with E-state index in [9.17, 15) is 4.79 Å². The van der Waals surface area contributed by atoms with E-state index in [1.54, 1.807) is 12.2 Å². The molecule has 0 aliphatic carbocycles. The van der Waals surface area contributed by atoms with Crippen molar-refractivity contribution in [1.29, 1.82) is 0 Å². The Kier molecular flexibility index (Phi) is 5.74. The molecule has 7 nitrogen and oxygen atoms in total. The van der Waals surface area contributed by atoms with Crippen molar-refractivity contribution in [3.63, 3.8) is 0 Å². The number of fused-ring (bicyclic) bond motifs is 1. The summed E-state index contributed by atoms with van der Waals surface area (Å²) in [6.07, 6.45) is 4.44. The number of pyridine rings is 2. The van der Waals surface area contributed by atoms with E-state index in [0.717, 1.165) is 17.0 Å². The van der Waals surface area contributed by atoms with Gasteiger partial charge in [0, 0.05) is 17.5 Å². The van der Waals surface area contributed by atoms with Gasteiger partial charge in [0.25, 0.3) is 0 Å². The zero-order chi connectivity index (χ0) is 20.1. The number of methoxy groups -OCH3 is 1. The van der Waals surface area contributed by atoms with Gasteiger partial charge in [0.05, 0.1) is 30.6 Å². The van der Waals surface area contributed by atoms with Crippen molar-refractivity contribution >= 4 is 17.4 Å². The molecule has 0 amide bonds. The molecule has 3 rings (SSSR count). The molecule has 0 bridgehead atoms. The molecule has 1 aliphatic rings. The summed E-state index contributed by atoms with van der Waals surface area (Å²) < 4.78 is 10.6. The first-order chi connectivity index (χ1) is 13.6. The van der Waals surface area contributed by atoms with Crippen LogP contribution in [0.25, 0.3) is 17.0 Å². The van der Waals surface area contributed by atoms with E-state index >= 15 is 0 Å². The van der Waals surface area contributed by atoms with Gasteiger partial charge in [0.1, 0.15) is 6.61 Å². The smallest absolute Gasteiger partial charge is 0.339 e. The van der Waals surface area contributed by atoms with Crippen molar-refractivity contribution in [2.24, 2.45) is 5.73 Å². The van der Waals surface area contributed by atoms with Crippen LogP contribution in [0.4, 0.5) is 5.82 Å². The highest BCUT2D eigenvalue weighted by molar-refractivity contribution is 5.96. The summed E-state index contributed by atoms with van der Waals surface area (Å²) in [4.78, 5) is 21.1. The van der Waals surface area contributed by atoms with E-state index in [0.29, 0.717) is 36.0 Å². The fourth-order valence-electron chi connectivity index (χ4n) is 2.86. The lowest BCUT2D eigenvalue weighted by molar-refractivity contribution is -0.135. The van der Waals surface area contributed by atoms with Crippen LogP contribution in [0.2, 0.25) is 0 Å². The summed E-state index contributed by atoms with van der Waals surface area (Å²) in [5.74, 6) is 0.672. The second-order valence-corrected chi connectivity index (χ2v) is 6.09. The van der Waals surface area contributed by atoms with E-state index in [2.05, 4.69) is 21.9 Å². The molecule has 1 aliphatic heterocycles. The number of anilines is 1. The molecule has 144 valence electrons. The van der Waals surface area contributed by atoms with Crippen LogP contribution in [-0.4, -0.2) is 36.2 Å². The molecule has 0 unspecified atom stereocenters. The number of nitrogens with one attached hydrogen (secondary N) is 1. The molecule has 7 heteroatoms. The van der Waals surface area contributed by atoms with E-state index in [4.69, 9.17) is 15.2 Å². The first kappa shape index (κ1) is 19.2. The van der Waals surface area contributed by atoms with Crippen molar-refractivity contribution in [3.8, 4) is 17.1 Å². The predicted molar refractivity (Wildman–Crippen MR) is 109 cm³/mol. The minimum Gasteiger partial charge on any atom is -0.487 e. The van der Waals surface area contributed by atoms with Crippen LogP contribution in [0.15, 0.2) is 54.8 Å². The second kappa shape index (κ2) is 8.39. The molecule has 28 heavy (non-hydrogen) atoms. The first-order valence-corrected chi connectivity index (χ1v) is 8.77. The van der Waals surface area contributed by atoms with E-state index < -0.39 is 5.97 Å². The molecule has 0 aromatic carbocycles. The molecule has 0 fully saturated rings. The fraction of sp³-hybridized carbons (Fsp3) is 0.190. The number of nitrogens with two attached hydrogens (primary N) is 1. The maximum absolute atomic E-state index is 11.9. The van der Waals surface area contributed by atoms with Crippen LogP contribution in [0.3, 0.4) is 0 Å². The Morgan fingerprint density at radius 1 is 1.36 bits per heavy atom. The Balaban J connectivity index is 2.19. The van der Waals surface area contributed by atoms with Crippen molar-refractivity contribution in [2.75, 3.05) is 25.6 Å². The van der Waals surface area contributed by atoms with Gasteiger partial charge in [-0.2, -0.15) is 0 Å². The Bertz CT molecular complexity index is 980. The average Bonchev–Trinajstić information content (AvgIpc) is 2.73. The van der Waals surface area contributed by atoms with E-state index in [-0.39, 0.29) is 5.57 Å². The molecule has 2 aromatic heterocycles. The maximum Gasteiger partial charge on any atom is 0.339 e. The number of carbonyl (C=O) groups excluding carboxylic acids is 1. The van der Waals surface area contributed by atoms with E-state index in [1.165, 1.54) is 13.3 Å². The third-order valence-electron chi connectivity index (χ3n) is 4.21. The predicted octanol–water partition coefficient (Wildman–Crippen LogP) is 2.84. The maximum atomic E-state index is 11.9. The van der Waals surface area contributed by atoms with Crippen LogP contribution in [0.1, 0.15) is 11.3 Å². The monoisotopic (exact) mass is 378 g/mol. The second-order valence-electron chi connectivity index (χ2n) is 6.09. The zero-order valence-corrected chi connectivity index (χ0v) is 15.9. The number of ether oxygens (including phenoxy) is 2. The topological polar surface area (TPSA) is 99.4 Å².